The zero-order valence-corrected chi connectivity index (χ0v) is 16.3. The number of rotatable bonds is 6. The maximum atomic E-state index is 12.5. The van der Waals surface area contributed by atoms with Crippen LogP contribution in [0.3, 0.4) is 0 Å². The van der Waals surface area contributed by atoms with Gasteiger partial charge in [0.25, 0.3) is 5.91 Å². The summed E-state index contributed by atoms with van der Waals surface area (Å²) in [7, 11) is 0. The van der Waals surface area contributed by atoms with E-state index in [0.29, 0.717) is 16.8 Å². The van der Waals surface area contributed by atoms with Crippen LogP contribution in [0.5, 0.6) is 0 Å². The number of para-hydroxylation sites is 1. The molecule has 0 bridgehead atoms. The molecule has 6 heteroatoms. The molecule has 142 valence electrons. The Morgan fingerprint density at radius 2 is 1.61 bits per heavy atom. The zero-order chi connectivity index (χ0) is 20.1. The third-order valence-electron chi connectivity index (χ3n) is 4.11. The van der Waals surface area contributed by atoms with Gasteiger partial charge in [-0.25, -0.2) is 4.79 Å². The van der Waals surface area contributed by atoms with Crippen LogP contribution in [0, 0.1) is 13.8 Å². The first-order valence-electron chi connectivity index (χ1n) is 8.68. The molecule has 0 saturated carbocycles. The van der Waals surface area contributed by atoms with Gasteiger partial charge in [-0.15, -0.1) is 11.3 Å². The van der Waals surface area contributed by atoms with Gasteiger partial charge < -0.3 is 10.1 Å². The minimum atomic E-state index is -0.665. The summed E-state index contributed by atoms with van der Waals surface area (Å²) in [4.78, 5) is 39.1. The number of esters is 1. The van der Waals surface area contributed by atoms with Gasteiger partial charge in [-0.3, -0.25) is 9.59 Å². The first kappa shape index (κ1) is 19.5. The quantitative estimate of drug-likeness (QED) is 0.488. The summed E-state index contributed by atoms with van der Waals surface area (Å²) in [6.07, 6.45) is 0. The molecule has 0 radical (unpaired) electrons. The van der Waals surface area contributed by atoms with Crippen LogP contribution < -0.4 is 5.32 Å². The SMILES string of the molecule is Cc1cc(C(=O)COC(=O)c2ccccc2NC(=O)c2ccccc2)c(C)s1. The minimum absolute atomic E-state index is 0.192. The number of ether oxygens (including phenoxy) is 1. The van der Waals surface area contributed by atoms with E-state index in [-0.39, 0.29) is 23.9 Å². The molecule has 0 aliphatic rings. The molecule has 2 aromatic carbocycles. The van der Waals surface area contributed by atoms with Gasteiger partial charge in [0.2, 0.25) is 5.78 Å². The van der Waals surface area contributed by atoms with Crippen molar-refractivity contribution < 1.29 is 19.1 Å². The van der Waals surface area contributed by atoms with E-state index in [1.54, 1.807) is 54.6 Å². The average Bonchev–Trinajstić information content (AvgIpc) is 3.05. The standard InChI is InChI=1S/C22H19NO4S/c1-14-12-18(15(2)28-14)20(24)13-27-22(26)17-10-6-7-11-19(17)23-21(25)16-8-4-3-5-9-16/h3-12H,13H2,1-2H3,(H,23,25). The van der Waals surface area contributed by atoms with Crippen molar-refractivity contribution in [1.29, 1.82) is 0 Å². The van der Waals surface area contributed by atoms with Crippen LogP contribution >= 0.6 is 11.3 Å². The molecule has 0 spiro atoms. The molecular weight excluding hydrogens is 374 g/mol. The molecule has 0 atom stereocenters. The van der Waals surface area contributed by atoms with Crippen molar-refractivity contribution >= 4 is 34.7 Å². The lowest BCUT2D eigenvalue weighted by atomic mass is 10.1. The third-order valence-corrected chi connectivity index (χ3v) is 5.07. The maximum absolute atomic E-state index is 12.5. The highest BCUT2D eigenvalue weighted by Gasteiger charge is 2.18. The van der Waals surface area contributed by atoms with Crippen molar-refractivity contribution in [2.24, 2.45) is 0 Å². The molecule has 1 heterocycles. The van der Waals surface area contributed by atoms with Crippen molar-refractivity contribution in [3.63, 3.8) is 0 Å². The van der Waals surface area contributed by atoms with E-state index < -0.39 is 5.97 Å². The van der Waals surface area contributed by atoms with E-state index >= 15 is 0 Å². The summed E-state index contributed by atoms with van der Waals surface area (Å²) in [6.45, 7) is 3.43. The first-order valence-corrected chi connectivity index (χ1v) is 9.50. The fraction of sp³-hybridized carbons (Fsp3) is 0.136. The van der Waals surface area contributed by atoms with E-state index in [0.717, 1.165) is 9.75 Å². The number of carbonyl (C=O) groups excluding carboxylic acids is 3. The number of benzene rings is 2. The van der Waals surface area contributed by atoms with Crippen LogP contribution in [0.2, 0.25) is 0 Å². The molecule has 0 unspecified atom stereocenters. The molecule has 0 saturated heterocycles. The van der Waals surface area contributed by atoms with Gasteiger partial charge in [0.05, 0.1) is 11.3 Å². The number of anilines is 1. The van der Waals surface area contributed by atoms with Gasteiger partial charge in [-0.05, 0) is 44.2 Å². The van der Waals surface area contributed by atoms with Crippen LogP contribution in [0.1, 0.15) is 40.8 Å². The summed E-state index contributed by atoms with van der Waals surface area (Å²) < 4.78 is 5.20. The monoisotopic (exact) mass is 393 g/mol. The Labute approximate surface area is 167 Å². The number of aryl methyl sites for hydroxylation is 2. The largest absolute Gasteiger partial charge is 0.454 e. The summed E-state index contributed by atoms with van der Waals surface area (Å²) in [5, 5.41) is 2.72. The molecule has 1 aromatic heterocycles. The molecule has 0 aliphatic heterocycles. The predicted octanol–water partition coefficient (Wildman–Crippen LogP) is 4.66. The second-order valence-electron chi connectivity index (χ2n) is 6.19. The highest BCUT2D eigenvalue weighted by molar-refractivity contribution is 7.12. The van der Waals surface area contributed by atoms with Crippen molar-refractivity contribution in [2.75, 3.05) is 11.9 Å². The Kier molecular flexibility index (Phi) is 6.01. The summed E-state index contributed by atoms with van der Waals surface area (Å²) in [6, 6.07) is 17.0. The molecule has 28 heavy (non-hydrogen) atoms. The second kappa shape index (κ2) is 8.63. The lowest BCUT2D eigenvalue weighted by molar-refractivity contribution is 0.0475. The lowest BCUT2D eigenvalue weighted by Crippen LogP contribution is -2.18. The molecule has 0 fully saturated rings. The Hall–Kier alpha value is -3.25. The smallest absolute Gasteiger partial charge is 0.340 e. The van der Waals surface area contributed by atoms with Gasteiger partial charge in [-0.1, -0.05) is 30.3 Å². The van der Waals surface area contributed by atoms with Gasteiger partial charge >= 0.3 is 5.97 Å². The molecule has 5 nitrogen and oxygen atoms in total. The number of nitrogens with one attached hydrogen (secondary N) is 1. The fourth-order valence-electron chi connectivity index (χ4n) is 2.75. The molecule has 3 rings (SSSR count). The van der Waals surface area contributed by atoms with Crippen LogP contribution in [0.4, 0.5) is 5.69 Å². The highest BCUT2D eigenvalue weighted by atomic mass is 32.1. The van der Waals surface area contributed by atoms with Crippen molar-refractivity contribution in [3.8, 4) is 0 Å². The minimum Gasteiger partial charge on any atom is -0.454 e. The van der Waals surface area contributed by atoms with E-state index in [1.807, 2.05) is 19.9 Å². The summed E-state index contributed by atoms with van der Waals surface area (Å²) in [5.41, 5.74) is 1.57. The lowest BCUT2D eigenvalue weighted by Gasteiger charge is -2.11. The van der Waals surface area contributed by atoms with E-state index in [4.69, 9.17) is 4.74 Å². The van der Waals surface area contributed by atoms with Crippen molar-refractivity contribution in [2.45, 2.75) is 13.8 Å². The second-order valence-corrected chi connectivity index (χ2v) is 7.65. The highest BCUT2D eigenvalue weighted by Crippen LogP contribution is 2.22. The molecule has 3 aromatic rings. The van der Waals surface area contributed by atoms with Crippen LogP contribution in [-0.4, -0.2) is 24.3 Å². The van der Waals surface area contributed by atoms with E-state index in [1.165, 1.54) is 11.3 Å². The third kappa shape index (κ3) is 4.53. The Balaban J connectivity index is 1.70. The molecular formula is C22H19NO4S. The van der Waals surface area contributed by atoms with Crippen LogP contribution in [-0.2, 0) is 4.74 Å². The van der Waals surface area contributed by atoms with Gasteiger partial charge in [0.1, 0.15) is 0 Å². The number of amides is 1. The van der Waals surface area contributed by atoms with E-state index in [9.17, 15) is 14.4 Å². The number of hydrogen-bond donors (Lipinski definition) is 1. The predicted molar refractivity (Wildman–Crippen MR) is 109 cm³/mol. The Morgan fingerprint density at radius 1 is 0.929 bits per heavy atom. The molecule has 1 amide bonds. The fourth-order valence-corrected chi connectivity index (χ4v) is 3.69. The van der Waals surface area contributed by atoms with Crippen LogP contribution in [0.15, 0.2) is 60.7 Å². The normalized spacial score (nSPS) is 10.4. The summed E-state index contributed by atoms with van der Waals surface area (Å²) >= 11 is 1.53. The number of carbonyl (C=O) groups is 3. The number of ketones is 1. The Bertz CT molecular complexity index is 1020. The maximum Gasteiger partial charge on any atom is 0.340 e. The average molecular weight is 393 g/mol. The van der Waals surface area contributed by atoms with Gasteiger partial charge in [0, 0.05) is 20.9 Å². The van der Waals surface area contributed by atoms with Crippen LogP contribution in [0.25, 0.3) is 0 Å². The zero-order valence-electron chi connectivity index (χ0n) is 15.5. The van der Waals surface area contributed by atoms with Crippen molar-refractivity contribution in [1.82, 2.24) is 0 Å². The van der Waals surface area contributed by atoms with Crippen molar-refractivity contribution in [3.05, 3.63) is 87.1 Å². The first-order chi connectivity index (χ1) is 13.5. The van der Waals surface area contributed by atoms with E-state index in [2.05, 4.69) is 5.32 Å². The number of hydrogen-bond acceptors (Lipinski definition) is 5. The number of thiophene rings is 1. The van der Waals surface area contributed by atoms with Gasteiger partial charge in [0.15, 0.2) is 6.61 Å². The topological polar surface area (TPSA) is 72.5 Å². The molecule has 1 N–H and O–H groups in total. The Morgan fingerprint density at radius 3 is 2.29 bits per heavy atom. The summed E-state index contributed by atoms with van der Waals surface area (Å²) in [5.74, 6) is -1.25. The van der Waals surface area contributed by atoms with Gasteiger partial charge in [-0.2, -0.15) is 0 Å². The number of Topliss-reactive ketones (excluding diaryl/α,β-unsaturated/α-hetero) is 1. The molecule has 0 aliphatic carbocycles.